The second-order valence-corrected chi connectivity index (χ2v) is 9.11. The molecule has 0 spiro atoms. The molecule has 15 heavy (non-hydrogen) atoms. The summed E-state index contributed by atoms with van der Waals surface area (Å²) in [6.45, 7) is 6.76. The normalized spacial score (nSPS) is 11.1. The molecule has 3 nitrogen and oxygen atoms in total. The Labute approximate surface area is 95.9 Å². The van der Waals surface area contributed by atoms with Crippen LogP contribution in [0.1, 0.15) is 20.8 Å². The maximum atomic E-state index is 6.32. The van der Waals surface area contributed by atoms with Gasteiger partial charge in [-0.25, -0.2) is 9.48 Å². The molecule has 0 amide bonds. The summed E-state index contributed by atoms with van der Waals surface area (Å²) in [5.74, 6) is 0. The molecule has 0 radical (unpaired) electrons. The van der Waals surface area contributed by atoms with Crippen molar-refractivity contribution in [2.75, 3.05) is 28.2 Å². The molecule has 0 unspecified atom stereocenters. The lowest BCUT2D eigenvalue weighted by atomic mass is 10.8. The van der Waals surface area contributed by atoms with E-state index in [0.29, 0.717) is 0 Å². The van der Waals surface area contributed by atoms with Gasteiger partial charge in [0.1, 0.15) is 0 Å². The zero-order valence-corrected chi connectivity index (χ0v) is 12.4. The number of nitrogens with zero attached hydrogens (tertiary/aromatic N) is 2. The number of hydrogen-bond acceptors (Lipinski definition) is 1. The Kier molecular flexibility index (Phi) is 5.94. The molecule has 0 aliphatic rings. The maximum Gasteiger partial charge on any atom is 0.431 e. The molecular weight excluding hydrogens is 204 g/mol. The zero-order valence-electron chi connectivity index (χ0n) is 11.4. The molecule has 0 aliphatic carbocycles. The first kappa shape index (κ1) is 14.5. The molecule has 4 heteroatoms. The van der Waals surface area contributed by atoms with E-state index in [9.17, 15) is 0 Å². The summed E-state index contributed by atoms with van der Waals surface area (Å²) in [7, 11) is 6.62. The molecule has 0 saturated carbocycles. The average molecular weight is 231 g/mol. The summed E-state index contributed by atoms with van der Waals surface area (Å²) in [6.07, 6.45) is 0. The Balaban J connectivity index is 4.86. The van der Waals surface area contributed by atoms with Gasteiger partial charge in [-0.2, -0.15) is 0 Å². The molecule has 0 aromatic rings. The summed E-state index contributed by atoms with van der Waals surface area (Å²) in [4.78, 5) is 2.06. The number of hydrogen-bond donors (Lipinski definition) is 0. The van der Waals surface area contributed by atoms with Gasteiger partial charge in [0.25, 0.3) is 8.32 Å². The smallest absolute Gasteiger partial charge is 0.431 e. The topological polar surface area (TPSA) is 15.5 Å². The lowest BCUT2D eigenvalue weighted by Crippen LogP contribution is -2.45. The first-order valence-corrected chi connectivity index (χ1v) is 8.36. The monoisotopic (exact) mass is 231 g/mol. The van der Waals surface area contributed by atoms with Crippen LogP contribution in [0.15, 0.2) is 0 Å². The van der Waals surface area contributed by atoms with Gasteiger partial charge in [0.15, 0.2) is 0 Å². The van der Waals surface area contributed by atoms with Crippen molar-refractivity contribution in [3.05, 3.63) is 0 Å². The Morgan fingerprint density at radius 3 is 1.67 bits per heavy atom. The Hall–Kier alpha value is -0.513. The van der Waals surface area contributed by atoms with Crippen LogP contribution in [-0.4, -0.2) is 52.0 Å². The predicted octanol–water partition coefficient (Wildman–Crippen LogP) is 2.20. The SMILES string of the molecule is CC[Si](CC)(CC)OC(N(C)C)=[N+](C)C. The minimum atomic E-state index is -1.53. The van der Waals surface area contributed by atoms with Gasteiger partial charge in [0.05, 0.1) is 28.2 Å². The van der Waals surface area contributed by atoms with E-state index in [4.69, 9.17) is 4.43 Å². The van der Waals surface area contributed by atoms with E-state index in [-0.39, 0.29) is 0 Å². The van der Waals surface area contributed by atoms with Crippen LogP contribution < -0.4 is 0 Å². The van der Waals surface area contributed by atoms with Gasteiger partial charge in [-0.05, 0) is 18.1 Å². The van der Waals surface area contributed by atoms with Crippen molar-refractivity contribution in [1.82, 2.24) is 4.90 Å². The van der Waals surface area contributed by atoms with Crippen LogP contribution in [-0.2, 0) is 4.43 Å². The fourth-order valence-corrected chi connectivity index (χ4v) is 4.43. The standard InChI is InChI=1S/C11H27N2OSi/c1-8-15(9-2,10-3)14-11(12(4)5)13(6)7/h8-10H2,1-7H3/q+1. The van der Waals surface area contributed by atoms with Crippen LogP contribution >= 0.6 is 0 Å². The first-order chi connectivity index (χ1) is 6.92. The van der Waals surface area contributed by atoms with Gasteiger partial charge in [-0.15, -0.1) is 0 Å². The van der Waals surface area contributed by atoms with Crippen molar-refractivity contribution in [3.63, 3.8) is 0 Å². The van der Waals surface area contributed by atoms with E-state index in [1.807, 2.05) is 28.2 Å². The van der Waals surface area contributed by atoms with Crippen LogP contribution in [0.2, 0.25) is 18.1 Å². The zero-order chi connectivity index (χ0) is 12.1. The van der Waals surface area contributed by atoms with Gasteiger partial charge < -0.3 is 4.43 Å². The molecule has 0 rings (SSSR count). The van der Waals surface area contributed by atoms with Crippen molar-refractivity contribution in [2.45, 2.75) is 38.9 Å². The molecule has 0 heterocycles. The lowest BCUT2D eigenvalue weighted by molar-refractivity contribution is -0.478. The molecule has 90 valence electrons. The van der Waals surface area contributed by atoms with E-state index in [1.165, 1.54) is 18.1 Å². The summed E-state index contributed by atoms with van der Waals surface area (Å²) in [5.41, 5.74) is 0. The molecule has 0 aliphatic heterocycles. The molecule has 0 atom stereocenters. The van der Waals surface area contributed by atoms with Crippen LogP contribution in [0.25, 0.3) is 0 Å². The lowest BCUT2D eigenvalue weighted by Gasteiger charge is -2.29. The Morgan fingerprint density at radius 2 is 1.47 bits per heavy atom. The molecule has 0 N–H and O–H groups in total. The summed E-state index contributed by atoms with van der Waals surface area (Å²) in [5, 5.41) is 0. The Bertz CT molecular complexity index is 210. The van der Waals surface area contributed by atoms with Crippen molar-refractivity contribution in [1.29, 1.82) is 0 Å². The van der Waals surface area contributed by atoms with Crippen molar-refractivity contribution >= 4 is 14.3 Å². The van der Waals surface area contributed by atoms with Gasteiger partial charge in [0, 0.05) is 0 Å². The third-order valence-electron chi connectivity index (χ3n) is 3.01. The Morgan fingerprint density at radius 1 is 1.07 bits per heavy atom. The quantitative estimate of drug-likeness (QED) is 0.319. The van der Waals surface area contributed by atoms with Crippen molar-refractivity contribution in [3.8, 4) is 0 Å². The van der Waals surface area contributed by atoms with E-state index in [0.717, 1.165) is 6.02 Å². The largest absolute Gasteiger partial charge is 0.486 e. The van der Waals surface area contributed by atoms with E-state index >= 15 is 0 Å². The third kappa shape index (κ3) is 3.85. The number of rotatable bonds is 4. The highest BCUT2D eigenvalue weighted by Gasteiger charge is 2.35. The second-order valence-electron chi connectivity index (χ2n) is 4.42. The maximum absolute atomic E-state index is 6.32. The van der Waals surface area contributed by atoms with Crippen LogP contribution in [0.5, 0.6) is 0 Å². The molecule has 0 bridgehead atoms. The highest BCUT2D eigenvalue weighted by atomic mass is 28.4. The van der Waals surface area contributed by atoms with Gasteiger partial charge in [0.2, 0.25) is 0 Å². The highest BCUT2D eigenvalue weighted by molar-refractivity contribution is 6.74. The average Bonchev–Trinajstić information content (AvgIpc) is 2.20. The molecular formula is C11H27N2OSi+. The van der Waals surface area contributed by atoms with Crippen molar-refractivity contribution in [2.24, 2.45) is 0 Å². The molecule has 0 saturated heterocycles. The fraction of sp³-hybridized carbons (Fsp3) is 0.909. The first-order valence-electron chi connectivity index (χ1n) is 5.83. The summed E-state index contributed by atoms with van der Waals surface area (Å²) in [6, 6.07) is 4.55. The van der Waals surface area contributed by atoms with Crippen molar-refractivity contribution < 1.29 is 9.00 Å². The molecule has 0 fully saturated rings. The second kappa shape index (κ2) is 6.15. The minimum Gasteiger partial charge on any atom is -0.486 e. The van der Waals surface area contributed by atoms with Crippen LogP contribution in [0, 0.1) is 0 Å². The van der Waals surface area contributed by atoms with E-state index in [2.05, 4.69) is 30.2 Å². The summed E-state index contributed by atoms with van der Waals surface area (Å²) >= 11 is 0. The summed E-state index contributed by atoms with van der Waals surface area (Å²) < 4.78 is 8.37. The van der Waals surface area contributed by atoms with Gasteiger partial charge >= 0.3 is 6.02 Å². The molecule has 0 aromatic carbocycles. The fourth-order valence-electron chi connectivity index (χ4n) is 1.74. The van der Waals surface area contributed by atoms with Gasteiger partial charge in [-0.1, -0.05) is 20.8 Å². The highest BCUT2D eigenvalue weighted by Crippen LogP contribution is 2.22. The van der Waals surface area contributed by atoms with Gasteiger partial charge in [-0.3, -0.25) is 0 Å². The van der Waals surface area contributed by atoms with Crippen LogP contribution in [0.4, 0.5) is 0 Å². The van der Waals surface area contributed by atoms with E-state index < -0.39 is 8.32 Å². The third-order valence-corrected chi connectivity index (χ3v) is 7.49. The predicted molar refractivity (Wildman–Crippen MR) is 69.1 cm³/mol. The number of amidine groups is 1. The van der Waals surface area contributed by atoms with Crippen LogP contribution in [0.3, 0.4) is 0 Å². The van der Waals surface area contributed by atoms with E-state index in [1.54, 1.807) is 0 Å². The minimum absolute atomic E-state index is 0.993. The molecule has 0 aromatic heterocycles.